The molecule has 0 spiro atoms. The topological polar surface area (TPSA) is 37.3 Å². The predicted octanol–water partition coefficient (Wildman–Crippen LogP) is 1.54. The molecular weight excluding hydrogens is 152 g/mol. The van der Waals surface area contributed by atoms with Crippen molar-refractivity contribution >= 4 is 6.29 Å². The summed E-state index contributed by atoms with van der Waals surface area (Å²) in [6.07, 6.45) is 6.79. The van der Waals surface area contributed by atoms with Crippen molar-refractivity contribution in [2.45, 2.75) is 32.3 Å². The fraction of sp³-hybridized carbons (Fsp3) is 0.700. The van der Waals surface area contributed by atoms with E-state index in [2.05, 4.69) is 0 Å². The van der Waals surface area contributed by atoms with E-state index in [9.17, 15) is 9.90 Å². The van der Waals surface area contributed by atoms with Crippen LogP contribution >= 0.6 is 0 Å². The summed E-state index contributed by atoms with van der Waals surface area (Å²) >= 11 is 0. The van der Waals surface area contributed by atoms with Crippen molar-refractivity contribution in [1.29, 1.82) is 0 Å². The number of rotatable bonds is 2. The van der Waals surface area contributed by atoms with E-state index in [0.29, 0.717) is 0 Å². The zero-order valence-corrected chi connectivity index (χ0v) is 7.66. The van der Waals surface area contributed by atoms with Gasteiger partial charge in [0.15, 0.2) is 0 Å². The molecule has 0 heterocycles. The first-order chi connectivity index (χ1) is 5.55. The molecule has 2 nitrogen and oxygen atoms in total. The first kappa shape index (κ1) is 9.46. The Morgan fingerprint density at radius 2 is 2.25 bits per heavy atom. The van der Waals surface area contributed by atoms with Crippen molar-refractivity contribution in [2.75, 3.05) is 0 Å². The zero-order valence-electron chi connectivity index (χ0n) is 7.66. The molecule has 0 aromatic heterocycles. The van der Waals surface area contributed by atoms with E-state index in [1.807, 2.05) is 12.2 Å². The van der Waals surface area contributed by atoms with Crippen LogP contribution in [0.5, 0.6) is 0 Å². The van der Waals surface area contributed by atoms with E-state index in [0.717, 1.165) is 19.1 Å². The average molecular weight is 168 g/mol. The highest BCUT2D eigenvalue weighted by molar-refractivity contribution is 5.55. The van der Waals surface area contributed by atoms with Gasteiger partial charge in [0.25, 0.3) is 0 Å². The number of carbonyl (C=O) groups excluding carboxylic acids is 1. The largest absolute Gasteiger partial charge is 0.390 e. The van der Waals surface area contributed by atoms with Crippen LogP contribution in [0.15, 0.2) is 12.2 Å². The van der Waals surface area contributed by atoms with Crippen molar-refractivity contribution < 1.29 is 9.90 Å². The Labute approximate surface area is 73.3 Å². The second kappa shape index (κ2) is 3.40. The van der Waals surface area contributed by atoms with Crippen LogP contribution in [0.2, 0.25) is 0 Å². The maximum atomic E-state index is 10.7. The number of aliphatic hydroxyl groups is 1. The highest BCUT2D eigenvalue weighted by Crippen LogP contribution is 2.31. The molecule has 0 bridgehead atoms. The molecule has 1 aliphatic rings. The smallest absolute Gasteiger partial charge is 0.123 e. The normalized spacial score (nSPS) is 30.2. The molecule has 12 heavy (non-hydrogen) atoms. The molecule has 2 heteroatoms. The van der Waals surface area contributed by atoms with Gasteiger partial charge in [-0.25, -0.2) is 0 Å². The van der Waals surface area contributed by atoms with Crippen molar-refractivity contribution in [1.82, 2.24) is 0 Å². The number of hydrogen-bond donors (Lipinski definition) is 1. The molecule has 68 valence electrons. The van der Waals surface area contributed by atoms with Crippen LogP contribution in [0.3, 0.4) is 0 Å². The van der Waals surface area contributed by atoms with Crippen LogP contribution in [-0.2, 0) is 4.79 Å². The first-order valence-corrected chi connectivity index (χ1v) is 4.40. The van der Waals surface area contributed by atoms with Crippen LogP contribution in [-0.4, -0.2) is 17.0 Å². The molecule has 1 rings (SSSR count). The third-order valence-electron chi connectivity index (χ3n) is 2.46. The molecule has 0 aliphatic heterocycles. The van der Waals surface area contributed by atoms with Gasteiger partial charge in [0, 0.05) is 11.8 Å². The third kappa shape index (κ3) is 1.95. The van der Waals surface area contributed by atoms with Gasteiger partial charge in [-0.05, 0) is 26.7 Å². The molecule has 0 fully saturated rings. The molecule has 0 saturated carbocycles. The monoisotopic (exact) mass is 168 g/mol. The first-order valence-electron chi connectivity index (χ1n) is 4.40. The van der Waals surface area contributed by atoms with Crippen LogP contribution in [0.1, 0.15) is 26.7 Å². The Balaban J connectivity index is 2.77. The van der Waals surface area contributed by atoms with Gasteiger partial charge in [0.1, 0.15) is 6.29 Å². The van der Waals surface area contributed by atoms with Gasteiger partial charge < -0.3 is 9.90 Å². The molecule has 2 atom stereocenters. The Morgan fingerprint density at radius 3 is 2.67 bits per heavy atom. The molecule has 0 aromatic carbocycles. The molecule has 2 unspecified atom stereocenters. The minimum Gasteiger partial charge on any atom is -0.390 e. The van der Waals surface area contributed by atoms with E-state index in [1.54, 1.807) is 13.8 Å². The Morgan fingerprint density at radius 1 is 1.58 bits per heavy atom. The second-order valence-electron chi connectivity index (χ2n) is 3.98. The maximum absolute atomic E-state index is 10.7. The van der Waals surface area contributed by atoms with Crippen LogP contribution in [0.25, 0.3) is 0 Å². The predicted molar refractivity (Wildman–Crippen MR) is 47.7 cm³/mol. The quantitative estimate of drug-likeness (QED) is 0.501. The van der Waals surface area contributed by atoms with Gasteiger partial charge in [-0.2, -0.15) is 0 Å². The molecule has 1 N–H and O–H groups in total. The van der Waals surface area contributed by atoms with E-state index >= 15 is 0 Å². The van der Waals surface area contributed by atoms with E-state index in [1.165, 1.54) is 0 Å². The van der Waals surface area contributed by atoms with E-state index < -0.39 is 5.60 Å². The minimum atomic E-state index is -0.775. The number of carbonyl (C=O) groups is 1. The lowest BCUT2D eigenvalue weighted by molar-refractivity contribution is -0.115. The van der Waals surface area contributed by atoms with Crippen LogP contribution in [0.4, 0.5) is 0 Å². The minimum absolute atomic E-state index is 0.00463. The Hall–Kier alpha value is -0.630. The number of allylic oxidation sites excluding steroid dienone is 1. The van der Waals surface area contributed by atoms with Gasteiger partial charge in [-0.15, -0.1) is 0 Å². The van der Waals surface area contributed by atoms with Crippen molar-refractivity contribution in [3.8, 4) is 0 Å². The fourth-order valence-electron chi connectivity index (χ4n) is 1.77. The molecule has 0 saturated heterocycles. The molecular formula is C10H16O2. The van der Waals surface area contributed by atoms with E-state index in [4.69, 9.17) is 0 Å². The van der Waals surface area contributed by atoms with Gasteiger partial charge in [0.2, 0.25) is 0 Å². The molecule has 0 radical (unpaired) electrons. The lowest BCUT2D eigenvalue weighted by atomic mass is 9.76. The Kier molecular flexibility index (Phi) is 2.68. The summed E-state index contributed by atoms with van der Waals surface area (Å²) in [6.45, 7) is 3.51. The van der Waals surface area contributed by atoms with Crippen molar-refractivity contribution in [3.05, 3.63) is 12.2 Å². The van der Waals surface area contributed by atoms with Crippen LogP contribution < -0.4 is 0 Å². The second-order valence-corrected chi connectivity index (χ2v) is 3.98. The van der Waals surface area contributed by atoms with Gasteiger partial charge in [-0.3, -0.25) is 0 Å². The summed E-state index contributed by atoms with van der Waals surface area (Å²) in [5, 5.41) is 9.73. The van der Waals surface area contributed by atoms with Gasteiger partial charge >= 0.3 is 0 Å². The summed E-state index contributed by atoms with van der Waals surface area (Å²) in [7, 11) is 0. The van der Waals surface area contributed by atoms with E-state index in [-0.39, 0.29) is 11.8 Å². The van der Waals surface area contributed by atoms with Gasteiger partial charge in [-0.1, -0.05) is 12.2 Å². The summed E-state index contributed by atoms with van der Waals surface area (Å²) in [5.74, 6) is -0.0150. The molecule has 0 amide bonds. The fourth-order valence-corrected chi connectivity index (χ4v) is 1.77. The zero-order chi connectivity index (χ0) is 9.19. The Bertz CT molecular complexity index is 189. The molecule has 1 aliphatic carbocycles. The van der Waals surface area contributed by atoms with Crippen molar-refractivity contribution in [2.24, 2.45) is 11.8 Å². The summed E-state index contributed by atoms with van der Waals surface area (Å²) in [6, 6.07) is 0. The van der Waals surface area contributed by atoms with Crippen LogP contribution in [0, 0.1) is 11.8 Å². The summed E-state index contributed by atoms with van der Waals surface area (Å²) < 4.78 is 0. The maximum Gasteiger partial charge on any atom is 0.123 e. The number of hydrogen-bond acceptors (Lipinski definition) is 2. The van der Waals surface area contributed by atoms with Crippen molar-refractivity contribution in [3.63, 3.8) is 0 Å². The third-order valence-corrected chi connectivity index (χ3v) is 2.46. The molecule has 0 aromatic rings. The summed E-state index contributed by atoms with van der Waals surface area (Å²) in [4.78, 5) is 10.7. The van der Waals surface area contributed by atoms with Gasteiger partial charge in [0.05, 0.1) is 5.60 Å². The average Bonchev–Trinajstić information content (AvgIpc) is 2.03. The highest BCUT2D eigenvalue weighted by Gasteiger charge is 2.32. The standard InChI is InChI=1S/C10H16O2/c1-10(2,12)9-6-4-3-5-8(9)7-11/h4,6-9,12H,3,5H2,1-2H3. The lowest BCUT2D eigenvalue weighted by Crippen LogP contribution is -2.36. The number of aldehydes is 1. The SMILES string of the molecule is CC(C)(O)C1C=CCCC1C=O. The lowest BCUT2D eigenvalue weighted by Gasteiger charge is -2.33. The summed E-state index contributed by atoms with van der Waals surface area (Å²) in [5.41, 5.74) is -0.775. The highest BCUT2D eigenvalue weighted by atomic mass is 16.3.